The predicted molar refractivity (Wildman–Crippen MR) is 69.7 cm³/mol. The van der Waals surface area contributed by atoms with Crippen LogP contribution in [0.5, 0.6) is 0 Å². The van der Waals surface area contributed by atoms with Gasteiger partial charge in [0.1, 0.15) is 5.82 Å². The van der Waals surface area contributed by atoms with Gasteiger partial charge in [0.05, 0.1) is 0 Å². The highest BCUT2D eigenvalue weighted by Crippen LogP contribution is 2.27. The van der Waals surface area contributed by atoms with Gasteiger partial charge < -0.3 is 5.73 Å². The molecule has 17 heavy (non-hydrogen) atoms. The minimum absolute atomic E-state index is 0.201. The van der Waals surface area contributed by atoms with Gasteiger partial charge in [-0.25, -0.2) is 4.39 Å². The van der Waals surface area contributed by atoms with E-state index in [1.165, 1.54) is 17.7 Å². The summed E-state index contributed by atoms with van der Waals surface area (Å²) in [6.45, 7) is 0.671. The molecular formula is C14H14FNS. The first-order chi connectivity index (χ1) is 8.28. The Morgan fingerprint density at radius 1 is 0.882 bits per heavy atom. The van der Waals surface area contributed by atoms with Crippen molar-refractivity contribution in [1.82, 2.24) is 0 Å². The van der Waals surface area contributed by atoms with Crippen molar-refractivity contribution in [2.45, 2.75) is 16.2 Å². The Hall–Kier alpha value is -1.32. The molecule has 88 valence electrons. The zero-order valence-electron chi connectivity index (χ0n) is 9.40. The fourth-order valence-electron chi connectivity index (χ4n) is 1.53. The lowest BCUT2D eigenvalue weighted by molar-refractivity contribution is 0.626. The zero-order chi connectivity index (χ0) is 12.1. The number of rotatable bonds is 4. The molecule has 1 nitrogen and oxygen atoms in total. The second kappa shape index (κ2) is 5.84. The fraction of sp³-hybridized carbons (Fsp3) is 0.143. The lowest BCUT2D eigenvalue weighted by atomic mass is 10.2. The van der Waals surface area contributed by atoms with Crippen LogP contribution in [0.25, 0.3) is 0 Å². The fourth-order valence-corrected chi connectivity index (χ4v) is 2.35. The van der Waals surface area contributed by atoms with E-state index < -0.39 is 0 Å². The minimum atomic E-state index is -0.201. The summed E-state index contributed by atoms with van der Waals surface area (Å²) in [7, 11) is 0. The molecule has 0 amide bonds. The first-order valence-corrected chi connectivity index (χ1v) is 6.32. The van der Waals surface area contributed by atoms with Gasteiger partial charge in [-0.3, -0.25) is 0 Å². The van der Waals surface area contributed by atoms with Gasteiger partial charge in [0.15, 0.2) is 0 Å². The second-order valence-electron chi connectivity index (χ2n) is 3.74. The normalized spacial score (nSPS) is 10.5. The van der Waals surface area contributed by atoms with Crippen LogP contribution >= 0.6 is 11.8 Å². The summed E-state index contributed by atoms with van der Waals surface area (Å²) in [6.07, 6.45) is 0.904. The van der Waals surface area contributed by atoms with E-state index in [4.69, 9.17) is 5.73 Å². The molecule has 2 aromatic carbocycles. The first-order valence-electron chi connectivity index (χ1n) is 5.50. The molecule has 0 aliphatic heterocycles. The molecule has 0 saturated carbocycles. The van der Waals surface area contributed by atoms with Crippen LogP contribution < -0.4 is 5.73 Å². The number of benzene rings is 2. The molecule has 0 atom stereocenters. The van der Waals surface area contributed by atoms with Crippen LogP contribution in [-0.2, 0) is 6.42 Å². The maximum atomic E-state index is 12.7. The molecule has 2 aromatic rings. The van der Waals surface area contributed by atoms with E-state index in [0.717, 1.165) is 16.2 Å². The molecule has 2 N–H and O–H groups in total. The van der Waals surface area contributed by atoms with E-state index >= 15 is 0 Å². The molecule has 0 heterocycles. The van der Waals surface area contributed by atoms with Gasteiger partial charge >= 0.3 is 0 Å². The number of nitrogens with two attached hydrogens (primary N) is 1. The topological polar surface area (TPSA) is 26.0 Å². The molecule has 0 saturated heterocycles. The molecule has 0 spiro atoms. The Labute approximate surface area is 105 Å². The minimum Gasteiger partial charge on any atom is -0.330 e. The number of hydrogen-bond donors (Lipinski definition) is 1. The maximum absolute atomic E-state index is 12.7. The Balaban J connectivity index is 2.05. The third-order valence-electron chi connectivity index (χ3n) is 2.41. The summed E-state index contributed by atoms with van der Waals surface area (Å²) >= 11 is 1.63. The molecule has 0 radical (unpaired) electrons. The standard InChI is InChI=1S/C14H14FNS/c15-12-3-7-14(8-4-12)17-13-5-1-11(2-6-13)9-10-16/h1-8H,9-10,16H2. The predicted octanol–water partition coefficient (Wildman–Crippen LogP) is 3.48. The lowest BCUT2D eigenvalue weighted by Crippen LogP contribution is -2.02. The van der Waals surface area contributed by atoms with Crippen LogP contribution in [0.1, 0.15) is 5.56 Å². The Morgan fingerprint density at radius 2 is 1.41 bits per heavy atom. The quantitative estimate of drug-likeness (QED) is 0.895. The van der Waals surface area contributed by atoms with Crippen molar-refractivity contribution in [2.75, 3.05) is 6.54 Å². The van der Waals surface area contributed by atoms with Gasteiger partial charge in [-0.05, 0) is 54.9 Å². The first kappa shape index (κ1) is 12.1. The van der Waals surface area contributed by atoms with Gasteiger partial charge in [0.2, 0.25) is 0 Å². The van der Waals surface area contributed by atoms with Crippen LogP contribution in [0.4, 0.5) is 4.39 Å². The molecule has 0 aliphatic rings. The summed E-state index contributed by atoms with van der Waals surface area (Å²) in [5.41, 5.74) is 6.74. The highest BCUT2D eigenvalue weighted by molar-refractivity contribution is 7.99. The number of halogens is 1. The van der Waals surface area contributed by atoms with Crippen LogP contribution in [-0.4, -0.2) is 6.54 Å². The van der Waals surface area contributed by atoms with Gasteiger partial charge in [0, 0.05) is 9.79 Å². The molecule has 2 rings (SSSR count). The van der Waals surface area contributed by atoms with E-state index in [2.05, 4.69) is 24.3 Å². The third kappa shape index (κ3) is 3.58. The van der Waals surface area contributed by atoms with Crippen molar-refractivity contribution >= 4 is 11.8 Å². The number of hydrogen-bond acceptors (Lipinski definition) is 2. The summed E-state index contributed by atoms with van der Waals surface area (Å²) in [5, 5.41) is 0. The van der Waals surface area contributed by atoms with Crippen LogP contribution in [0.15, 0.2) is 58.3 Å². The van der Waals surface area contributed by atoms with Gasteiger partial charge in [-0.15, -0.1) is 0 Å². The van der Waals surface area contributed by atoms with Crippen molar-refractivity contribution in [3.05, 3.63) is 59.9 Å². The molecule has 0 unspecified atom stereocenters. The molecule has 0 aromatic heterocycles. The average Bonchev–Trinajstić information content (AvgIpc) is 2.35. The maximum Gasteiger partial charge on any atom is 0.123 e. The van der Waals surface area contributed by atoms with Crippen molar-refractivity contribution in [2.24, 2.45) is 5.73 Å². The third-order valence-corrected chi connectivity index (χ3v) is 3.42. The highest BCUT2D eigenvalue weighted by atomic mass is 32.2. The van der Waals surface area contributed by atoms with Crippen LogP contribution in [0, 0.1) is 5.82 Å². The smallest absolute Gasteiger partial charge is 0.123 e. The van der Waals surface area contributed by atoms with Gasteiger partial charge in [-0.2, -0.15) is 0 Å². The zero-order valence-corrected chi connectivity index (χ0v) is 10.2. The van der Waals surface area contributed by atoms with E-state index in [-0.39, 0.29) is 5.82 Å². The largest absolute Gasteiger partial charge is 0.330 e. The van der Waals surface area contributed by atoms with Crippen LogP contribution in [0.3, 0.4) is 0 Å². The summed E-state index contributed by atoms with van der Waals surface area (Å²) in [6, 6.07) is 14.8. The molecule has 3 heteroatoms. The monoisotopic (exact) mass is 247 g/mol. The van der Waals surface area contributed by atoms with Crippen molar-refractivity contribution < 1.29 is 4.39 Å². The summed E-state index contributed by atoms with van der Waals surface area (Å²) < 4.78 is 12.7. The molecule has 0 fully saturated rings. The van der Waals surface area contributed by atoms with Gasteiger partial charge in [-0.1, -0.05) is 23.9 Å². The SMILES string of the molecule is NCCc1ccc(Sc2ccc(F)cc2)cc1. The van der Waals surface area contributed by atoms with E-state index in [1.807, 2.05) is 0 Å². The van der Waals surface area contributed by atoms with E-state index in [1.54, 1.807) is 23.9 Å². The van der Waals surface area contributed by atoms with Crippen LogP contribution in [0.2, 0.25) is 0 Å². The molecular weight excluding hydrogens is 233 g/mol. The van der Waals surface area contributed by atoms with E-state index in [9.17, 15) is 4.39 Å². The Kier molecular flexibility index (Phi) is 4.18. The van der Waals surface area contributed by atoms with E-state index in [0.29, 0.717) is 6.54 Å². The highest BCUT2D eigenvalue weighted by Gasteiger charge is 1.98. The molecule has 0 aliphatic carbocycles. The van der Waals surface area contributed by atoms with Crippen molar-refractivity contribution in [1.29, 1.82) is 0 Å². The average molecular weight is 247 g/mol. The van der Waals surface area contributed by atoms with Crippen molar-refractivity contribution in [3.63, 3.8) is 0 Å². The second-order valence-corrected chi connectivity index (χ2v) is 4.89. The summed E-state index contributed by atoms with van der Waals surface area (Å²) in [4.78, 5) is 2.19. The Bertz CT molecular complexity index is 465. The molecule has 0 bridgehead atoms. The van der Waals surface area contributed by atoms with Gasteiger partial charge in [0.25, 0.3) is 0 Å². The van der Waals surface area contributed by atoms with Crippen molar-refractivity contribution in [3.8, 4) is 0 Å². The summed E-state index contributed by atoms with van der Waals surface area (Å²) in [5.74, 6) is -0.201. The Morgan fingerprint density at radius 3 is 1.94 bits per heavy atom. The lowest BCUT2D eigenvalue weighted by Gasteiger charge is -2.03.